The quantitative estimate of drug-likeness (QED) is 0.565. The standard InChI is InChI=1S/C22H22F2N2O2S2/c1-15-4-2-5-16(12-15)13-17-14-29-22(25-17)26-10-8-18(9-11-26)30(27,28)21-19(23)6-3-7-20(21)24/h2-7,12,14,18H,8-11,13H2,1H3. The molecule has 1 fully saturated rings. The molecule has 0 aliphatic carbocycles. The molecule has 0 atom stereocenters. The molecule has 8 heteroatoms. The summed E-state index contributed by atoms with van der Waals surface area (Å²) in [5, 5.41) is 2.08. The zero-order valence-electron chi connectivity index (χ0n) is 16.5. The Labute approximate surface area is 179 Å². The summed E-state index contributed by atoms with van der Waals surface area (Å²) in [4.78, 5) is 5.95. The van der Waals surface area contributed by atoms with E-state index in [0.29, 0.717) is 25.9 Å². The highest BCUT2D eigenvalue weighted by Crippen LogP contribution is 2.31. The Hall–Kier alpha value is -2.32. The van der Waals surface area contributed by atoms with Crippen molar-refractivity contribution in [2.45, 2.75) is 36.3 Å². The van der Waals surface area contributed by atoms with Crippen LogP contribution in [0.2, 0.25) is 0 Å². The van der Waals surface area contributed by atoms with E-state index in [1.54, 1.807) is 0 Å². The summed E-state index contributed by atoms with van der Waals surface area (Å²) in [5.74, 6) is -2.06. The van der Waals surface area contributed by atoms with Crippen molar-refractivity contribution in [3.8, 4) is 0 Å². The zero-order valence-corrected chi connectivity index (χ0v) is 18.1. The van der Waals surface area contributed by atoms with Crippen molar-refractivity contribution in [3.05, 3.63) is 76.3 Å². The smallest absolute Gasteiger partial charge is 0.187 e. The molecule has 0 unspecified atom stereocenters. The van der Waals surface area contributed by atoms with Gasteiger partial charge in [0, 0.05) is 24.9 Å². The van der Waals surface area contributed by atoms with Crippen molar-refractivity contribution >= 4 is 26.3 Å². The van der Waals surface area contributed by atoms with Crippen LogP contribution >= 0.6 is 11.3 Å². The molecule has 2 heterocycles. The highest BCUT2D eigenvalue weighted by molar-refractivity contribution is 7.92. The van der Waals surface area contributed by atoms with Crippen LogP contribution in [0.15, 0.2) is 52.7 Å². The van der Waals surface area contributed by atoms with Crippen LogP contribution < -0.4 is 4.90 Å². The third kappa shape index (κ3) is 4.25. The second-order valence-corrected chi connectivity index (χ2v) is 10.6. The van der Waals surface area contributed by atoms with E-state index in [9.17, 15) is 17.2 Å². The molecule has 30 heavy (non-hydrogen) atoms. The summed E-state index contributed by atoms with van der Waals surface area (Å²) in [6.45, 7) is 3.02. The minimum Gasteiger partial charge on any atom is -0.348 e. The average molecular weight is 449 g/mol. The van der Waals surface area contributed by atoms with E-state index in [1.807, 2.05) is 16.3 Å². The molecule has 4 rings (SSSR count). The Kier molecular flexibility index (Phi) is 5.88. The summed E-state index contributed by atoms with van der Waals surface area (Å²) < 4.78 is 53.6. The highest BCUT2D eigenvalue weighted by Gasteiger charge is 2.35. The monoisotopic (exact) mass is 448 g/mol. The molecule has 0 radical (unpaired) electrons. The number of thiazole rings is 1. The van der Waals surface area contributed by atoms with Crippen molar-refractivity contribution < 1.29 is 17.2 Å². The first-order valence-corrected chi connectivity index (χ1v) is 12.2. The fraction of sp³-hybridized carbons (Fsp3) is 0.318. The molecule has 3 aromatic rings. The maximum atomic E-state index is 14.0. The van der Waals surface area contributed by atoms with Crippen LogP contribution in [0.5, 0.6) is 0 Å². The SMILES string of the molecule is Cc1cccc(Cc2csc(N3CCC(S(=O)(=O)c4c(F)cccc4F)CC3)n2)c1. The Morgan fingerprint density at radius 1 is 1.10 bits per heavy atom. The molecule has 1 aliphatic heterocycles. The van der Waals surface area contributed by atoms with E-state index in [-0.39, 0.29) is 0 Å². The summed E-state index contributed by atoms with van der Waals surface area (Å²) >= 11 is 1.53. The van der Waals surface area contributed by atoms with Crippen LogP contribution in [0.1, 0.15) is 29.7 Å². The first kappa shape index (κ1) is 20.9. The highest BCUT2D eigenvalue weighted by atomic mass is 32.2. The number of piperidine rings is 1. The van der Waals surface area contributed by atoms with Crippen molar-refractivity contribution in [1.29, 1.82) is 0 Å². The topological polar surface area (TPSA) is 50.3 Å². The molecule has 0 amide bonds. The van der Waals surface area contributed by atoms with Crippen molar-refractivity contribution in [3.63, 3.8) is 0 Å². The number of nitrogens with zero attached hydrogens (tertiary/aromatic N) is 2. The number of benzene rings is 2. The number of rotatable bonds is 5. The molecule has 1 aliphatic rings. The predicted octanol–water partition coefficient (Wildman–Crippen LogP) is 4.76. The lowest BCUT2D eigenvalue weighted by Gasteiger charge is -2.31. The van der Waals surface area contributed by atoms with Crippen LogP contribution in [-0.2, 0) is 16.3 Å². The Morgan fingerprint density at radius 3 is 2.43 bits per heavy atom. The van der Waals surface area contributed by atoms with E-state index in [0.717, 1.165) is 29.4 Å². The molecule has 4 nitrogen and oxygen atoms in total. The minimum absolute atomic E-state index is 0.308. The lowest BCUT2D eigenvalue weighted by atomic mass is 10.1. The van der Waals surface area contributed by atoms with E-state index in [4.69, 9.17) is 4.98 Å². The van der Waals surface area contributed by atoms with Crippen LogP contribution in [-0.4, -0.2) is 31.7 Å². The number of aromatic nitrogens is 1. The normalized spacial score (nSPS) is 15.5. The van der Waals surface area contributed by atoms with E-state index in [2.05, 4.69) is 25.1 Å². The number of anilines is 1. The molecule has 0 saturated carbocycles. The molecular weight excluding hydrogens is 426 g/mol. The van der Waals surface area contributed by atoms with Crippen LogP contribution in [0.3, 0.4) is 0 Å². The molecule has 0 bridgehead atoms. The average Bonchev–Trinajstić information content (AvgIpc) is 3.16. The molecule has 1 aromatic heterocycles. The minimum atomic E-state index is -4.06. The summed E-state index contributed by atoms with van der Waals surface area (Å²) in [7, 11) is -4.06. The second kappa shape index (κ2) is 8.43. The number of halogens is 2. The number of hydrogen-bond donors (Lipinski definition) is 0. The van der Waals surface area contributed by atoms with E-state index < -0.39 is 31.6 Å². The molecule has 0 N–H and O–H groups in total. The molecule has 158 valence electrons. The maximum absolute atomic E-state index is 14.0. The fourth-order valence-corrected chi connectivity index (χ4v) is 6.56. The lowest BCUT2D eigenvalue weighted by molar-refractivity contribution is 0.497. The third-order valence-electron chi connectivity index (χ3n) is 5.36. The third-order valence-corrected chi connectivity index (χ3v) is 8.62. The van der Waals surface area contributed by atoms with Gasteiger partial charge in [-0.1, -0.05) is 35.9 Å². The van der Waals surface area contributed by atoms with Crippen LogP contribution in [0.4, 0.5) is 13.9 Å². The summed E-state index contributed by atoms with van der Waals surface area (Å²) in [5.41, 5.74) is 3.38. The lowest BCUT2D eigenvalue weighted by Crippen LogP contribution is -2.39. The van der Waals surface area contributed by atoms with Gasteiger partial charge in [0.1, 0.15) is 16.5 Å². The van der Waals surface area contributed by atoms with Gasteiger partial charge in [0.05, 0.1) is 10.9 Å². The van der Waals surface area contributed by atoms with Crippen LogP contribution in [0, 0.1) is 18.6 Å². The zero-order chi connectivity index (χ0) is 21.3. The van der Waals surface area contributed by atoms with Gasteiger partial charge in [-0.05, 0) is 37.5 Å². The van der Waals surface area contributed by atoms with Gasteiger partial charge < -0.3 is 4.90 Å². The summed E-state index contributed by atoms with van der Waals surface area (Å²) in [6.07, 6.45) is 1.36. The van der Waals surface area contributed by atoms with Crippen molar-refractivity contribution in [1.82, 2.24) is 4.98 Å². The molecular formula is C22H22F2N2O2S2. The Morgan fingerprint density at radius 2 is 1.77 bits per heavy atom. The number of aryl methyl sites for hydroxylation is 1. The first-order valence-electron chi connectivity index (χ1n) is 9.77. The fourth-order valence-electron chi connectivity index (χ4n) is 3.83. The second-order valence-electron chi connectivity index (χ2n) is 7.57. The predicted molar refractivity (Wildman–Crippen MR) is 115 cm³/mol. The first-order chi connectivity index (χ1) is 14.3. The molecule has 1 saturated heterocycles. The number of hydrogen-bond acceptors (Lipinski definition) is 5. The van der Waals surface area contributed by atoms with Gasteiger partial charge in [0.2, 0.25) is 0 Å². The van der Waals surface area contributed by atoms with Gasteiger partial charge in [-0.3, -0.25) is 0 Å². The van der Waals surface area contributed by atoms with E-state index >= 15 is 0 Å². The Balaban J connectivity index is 1.43. The van der Waals surface area contributed by atoms with Gasteiger partial charge in [-0.15, -0.1) is 11.3 Å². The van der Waals surface area contributed by atoms with Gasteiger partial charge in [-0.2, -0.15) is 0 Å². The van der Waals surface area contributed by atoms with Gasteiger partial charge in [0.15, 0.2) is 15.0 Å². The molecule has 2 aromatic carbocycles. The van der Waals surface area contributed by atoms with E-state index in [1.165, 1.54) is 28.5 Å². The van der Waals surface area contributed by atoms with Gasteiger partial charge in [-0.25, -0.2) is 22.2 Å². The maximum Gasteiger partial charge on any atom is 0.187 e. The molecule has 0 spiro atoms. The van der Waals surface area contributed by atoms with Crippen LogP contribution in [0.25, 0.3) is 0 Å². The van der Waals surface area contributed by atoms with Crippen molar-refractivity contribution in [2.24, 2.45) is 0 Å². The Bertz CT molecular complexity index is 1130. The van der Waals surface area contributed by atoms with Gasteiger partial charge >= 0.3 is 0 Å². The van der Waals surface area contributed by atoms with Crippen molar-refractivity contribution in [2.75, 3.05) is 18.0 Å². The largest absolute Gasteiger partial charge is 0.348 e. The van der Waals surface area contributed by atoms with Gasteiger partial charge in [0.25, 0.3) is 0 Å². The number of sulfone groups is 1. The summed E-state index contributed by atoms with van der Waals surface area (Å²) in [6, 6.07) is 11.4.